The summed E-state index contributed by atoms with van der Waals surface area (Å²) < 4.78 is 26.8. The van der Waals surface area contributed by atoms with E-state index in [1.54, 1.807) is 12.1 Å². The van der Waals surface area contributed by atoms with Crippen molar-refractivity contribution in [1.82, 2.24) is 9.62 Å². The van der Waals surface area contributed by atoms with Crippen LogP contribution in [-0.2, 0) is 21.4 Å². The summed E-state index contributed by atoms with van der Waals surface area (Å²) >= 11 is 3.27. The number of halogens is 1. The third-order valence-corrected chi connectivity index (χ3v) is 6.18. The molecule has 1 N–H and O–H groups in total. The largest absolute Gasteiger partial charge is 0.378 e. The molecule has 0 heterocycles. The average molecular weight is 440 g/mol. The van der Waals surface area contributed by atoms with Gasteiger partial charge in [-0.25, -0.2) is 8.42 Å². The number of carbonyl (C=O) groups excluding carboxylic acids is 1. The molecule has 6 nitrogen and oxygen atoms in total. The maximum absolute atomic E-state index is 12.5. The number of rotatable bonds is 7. The molecule has 26 heavy (non-hydrogen) atoms. The van der Waals surface area contributed by atoms with Gasteiger partial charge in [0.25, 0.3) is 0 Å². The molecule has 0 aromatic heterocycles. The summed E-state index contributed by atoms with van der Waals surface area (Å²) in [6, 6.07) is 14.1. The minimum Gasteiger partial charge on any atom is -0.378 e. The van der Waals surface area contributed by atoms with Crippen LogP contribution in [0.25, 0.3) is 0 Å². The van der Waals surface area contributed by atoms with E-state index in [-0.39, 0.29) is 17.3 Å². The van der Waals surface area contributed by atoms with E-state index in [4.69, 9.17) is 0 Å². The quantitative estimate of drug-likeness (QED) is 0.718. The Bertz CT molecular complexity index is 850. The lowest BCUT2D eigenvalue weighted by Crippen LogP contribution is -2.38. The molecule has 0 atom stereocenters. The Morgan fingerprint density at radius 3 is 2.12 bits per heavy atom. The van der Waals surface area contributed by atoms with Crippen LogP contribution in [0.5, 0.6) is 0 Å². The van der Waals surface area contributed by atoms with Gasteiger partial charge in [-0.2, -0.15) is 4.31 Å². The summed E-state index contributed by atoms with van der Waals surface area (Å²) in [4.78, 5) is 14.2. The lowest BCUT2D eigenvalue weighted by atomic mass is 10.2. The lowest BCUT2D eigenvalue weighted by molar-refractivity contribution is -0.121. The van der Waals surface area contributed by atoms with Gasteiger partial charge >= 0.3 is 0 Å². The van der Waals surface area contributed by atoms with Gasteiger partial charge in [-0.05, 0) is 42.0 Å². The van der Waals surface area contributed by atoms with Crippen LogP contribution < -0.4 is 10.2 Å². The maximum Gasteiger partial charge on any atom is 0.243 e. The number of sulfonamides is 1. The summed E-state index contributed by atoms with van der Waals surface area (Å²) in [5, 5.41) is 2.75. The van der Waals surface area contributed by atoms with Crippen LogP contribution in [0.15, 0.2) is 57.9 Å². The first-order valence-electron chi connectivity index (χ1n) is 7.95. The van der Waals surface area contributed by atoms with Crippen molar-refractivity contribution in [3.05, 3.63) is 58.6 Å². The molecule has 0 unspecified atom stereocenters. The van der Waals surface area contributed by atoms with Crippen molar-refractivity contribution in [2.24, 2.45) is 0 Å². The smallest absolute Gasteiger partial charge is 0.243 e. The van der Waals surface area contributed by atoms with Gasteiger partial charge < -0.3 is 10.2 Å². The lowest BCUT2D eigenvalue weighted by Gasteiger charge is -2.17. The van der Waals surface area contributed by atoms with Crippen molar-refractivity contribution in [1.29, 1.82) is 0 Å². The minimum atomic E-state index is -3.70. The van der Waals surface area contributed by atoms with Crippen molar-refractivity contribution in [2.75, 3.05) is 32.6 Å². The van der Waals surface area contributed by atoms with Crippen LogP contribution in [0, 0.1) is 0 Å². The molecule has 2 aromatic carbocycles. The normalized spacial score (nSPS) is 11.4. The monoisotopic (exact) mass is 439 g/mol. The highest BCUT2D eigenvalue weighted by Crippen LogP contribution is 2.17. The van der Waals surface area contributed by atoms with Crippen LogP contribution in [0.1, 0.15) is 5.56 Å². The van der Waals surface area contributed by atoms with E-state index in [0.717, 1.165) is 20.0 Å². The molecular weight excluding hydrogens is 418 g/mol. The fraction of sp³-hybridized carbons (Fsp3) is 0.278. The van der Waals surface area contributed by atoms with Crippen LogP contribution in [-0.4, -0.2) is 46.3 Å². The van der Waals surface area contributed by atoms with Crippen molar-refractivity contribution in [3.63, 3.8) is 0 Å². The van der Waals surface area contributed by atoms with E-state index in [1.807, 2.05) is 43.3 Å². The molecule has 0 saturated heterocycles. The summed E-state index contributed by atoms with van der Waals surface area (Å²) in [5.41, 5.74) is 2.02. The second kappa shape index (κ2) is 8.66. The van der Waals surface area contributed by atoms with E-state index in [1.165, 1.54) is 19.2 Å². The number of anilines is 1. The van der Waals surface area contributed by atoms with Crippen LogP contribution in [0.4, 0.5) is 5.69 Å². The molecule has 0 aliphatic rings. The van der Waals surface area contributed by atoms with E-state index >= 15 is 0 Å². The highest BCUT2D eigenvalue weighted by molar-refractivity contribution is 9.10. The van der Waals surface area contributed by atoms with Crippen molar-refractivity contribution in [2.45, 2.75) is 11.4 Å². The molecule has 0 radical (unpaired) electrons. The van der Waals surface area contributed by atoms with E-state index in [9.17, 15) is 13.2 Å². The van der Waals surface area contributed by atoms with Crippen LogP contribution >= 0.6 is 15.9 Å². The molecule has 0 aliphatic carbocycles. The van der Waals surface area contributed by atoms with Gasteiger partial charge in [0, 0.05) is 37.8 Å². The van der Waals surface area contributed by atoms with Gasteiger partial charge in [-0.15, -0.1) is 0 Å². The molecule has 0 spiro atoms. The van der Waals surface area contributed by atoms with Crippen molar-refractivity contribution < 1.29 is 13.2 Å². The fourth-order valence-electron chi connectivity index (χ4n) is 2.24. The standard InChI is InChI=1S/C18H22BrN3O3S/c1-21(2)16-8-4-14(5-9-16)12-20-18(23)13-22(3)26(24,25)17-10-6-15(19)7-11-17/h4-11H,12-13H2,1-3H3,(H,20,23). The number of carbonyl (C=O) groups is 1. The van der Waals surface area contributed by atoms with Crippen molar-refractivity contribution in [3.8, 4) is 0 Å². The molecule has 2 aromatic rings. The number of amides is 1. The number of nitrogens with one attached hydrogen (secondary N) is 1. The zero-order valence-corrected chi connectivity index (χ0v) is 17.3. The van der Waals surface area contributed by atoms with E-state index in [2.05, 4.69) is 21.2 Å². The zero-order chi connectivity index (χ0) is 19.3. The molecule has 1 amide bonds. The minimum absolute atomic E-state index is 0.148. The molecule has 140 valence electrons. The average Bonchev–Trinajstić information content (AvgIpc) is 2.60. The van der Waals surface area contributed by atoms with Crippen molar-refractivity contribution >= 4 is 37.5 Å². The number of nitrogens with zero attached hydrogens (tertiary/aromatic N) is 2. The molecule has 2 rings (SSSR count). The second-order valence-electron chi connectivity index (χ2n) is 6.05. The zero-order valence-electron chi connectivity index (χ0n) is 14.9. The number of hydrogen-bond donors (Lipinski definition) is 1. The molecule has 0 fully saturated rings. The molecule has 8 heteroatoms. The molecular formula is C18H22BrN3O3S. The molecule has 0 saturated carbocycles. The Morgan fingerprint density at radius 1 is 1.00 bits per heavy atom. The second-order valence-corrected chi connectivity index (χ2v) is 9.01. The number of likely N-dealkylation sites (N-methyl/N-ethyl adjacent to an activating group) is 1. The van der Waals surface area contributed by atoms with E-state index in [0.29, 0.717) is 6.54 Å². The predicted octanol–water partition coefficient (Wildman–Crippen LogP) is 2.45. The predicted molar refractivity (Wildman–Crippen MR) is 107 cm³/mol. The first kappa shape index (κ1) is 20.4. The van der Waals surface area contributed by atoms with Gasteiger partial charge in [-0.3, -0.25) is 4.79 Å². The third kappa shape index (κ3) is 5.30. The Morgan fingerprint density at radius 2 is 1.58 bits per heavy atom. The summed E-state index contributed by atoms with van der Waals surface area (Å²) in [7, 11) is 1.60. The maximum atomic E-state index is 12.5. The van der Waals surface area contributed by atoms with Crippen LogP contribution in [0.3, 0.4) is 0 Å². The molecule has 0 aliphatic heterocycles. The summed E-state index contributed by atoms with van der Waals surface area (Å²) in [6.07, 6.45) is 0. The SMILES string of the molecule is CN(C)c1ccc(CNC(=O)CN(C)S(=O)(=O)c2ccc(Br)cc2)cc1. The fourth-order valence-corrected chi connectivity index (χ4v) is 3.63. The van der Waals surface area contributed by atoms with Gasteiger partial charge in [0.1, 0.15) is 0 Å². The highest BCUT2D eigenvalue weighted by atomic mass is 79.9. The van der Waals surface area contributed by atoms with Gasteiger partial charge in [0.15, 0.2) is 0 Å². The third-order valence-electron chi connectivity index (χ3n) is 3.83. The molecule has 0 bridgehead atoms. The Hall–Kier alpha value is -1.90. The van der Waals surface area contributed by atoms with Crippen LogP contribution in [0.2, 0.25) is 0 Å². The highest BCUT2D eigenvalue weighted by Gasteiger charge is 2.22. The van der Waals surface area contributed by atoms with Gasteiger partial charge in [0.2, 0.25) is 15.9 Å². The van der Waals surface area contributed by atoms with Gasteiger partial charge in [-0.1, -0.05) is 28.1 Å². The first-order chi connectivity index (χ1) is 12.2. The van der Waals surface area contributed by atoms with Gasteiger partial charge in [0.05, 0.1) is 11.4 Å². The Kier molecular flexibility index (Phi) is 6.80. The Labute approximate surface area is 163 Å². The number of benzene rings is 2. The topological polar surface area (TPSA) is 69.7 Å². The first-order valence-corrected chi connectivity index (χ1v) is 10.2. The Balaban J connectivity index is 1.93. The summed E-state index contributed by atoms with van der Waals surface area (Å²) in [6.45, 7) is 0.104. The van der Waals surface area contributed by atoms with E-state index < -0.39 is 10.0 Å². The summed E-state index contributed by atoms with van der Waals surface area (Å²) in [5.74, 6) is -0.357. The number of hydrogen-bond acceptors (Lipinski definition) is 4.